The van der Waals surface area contributed by atoms with E-state index in [-0.39, 0.29) is 5.91 Å². The largest absolute Gasteiger partial charge is 0.497 e. The molecule has 0 saturated carbocycles. The summed E-state index contributed by atoms with van der Waals surface area (Å²) in [5.74, 6) is 0.844. The third kappa shape index (κ3) is 6.21. The fourth-order valence-electron chi connectivity index (χ4n) is 3.75. The molecule has 0 bridgehead atoms. The average Bonchev–Trinajstić information content (AvgIpc) is 2.89. The molecule has 1 saturated heterocycles. The van der Waals surface area contributed by atoms with Gasteiger partial charge in [-0.1, -0.05) is 0 Å². The molecule has 2 N–H and O–H groups in total. The zero-order valence-corrected chi connectivity index (χ0v) is 19.4. The van der Waals surface area contributed by atoms with Crippen molar-refractivity contribution in [1.29, 1.82) is 0 Å². The van der Waals surface area contributed by atoms with Gasteiger partial charge in [0.15, 0.2) is 0 Å². The van der Waals surface area contributed by atoms with Crippen LogP contribution in [0.2, 0.25) is 0 Å². The number of anilines is 3. The predicted octanol–water partition coefficient (Wildman–Crippen LogP) is 3.14. The van der Waals surface area contributed by atoms with Crippen molar-refractivity contribution in [3.63, 3.8) is 0 Å². The minimum absolute atomic E-state index is 0.320. The first-order valence-electron chi connectivity index (χ1n) is 11.2. The molecule has 2 heterocycles. The van der Waals surface area contributed by atoms with E-state index >= 15 is 0 Å². The molecule has 1 aliphatic rings. The summed E-state index contributed by atoms with van der Waals surface area (Å²) in [5.41, 5.74) is 6.90. The Morgan fingerprint density at radius 1 is 1.00 bits per heavy atom. The molecule has 34 heavy (non-hydrogen) atoms. The number of hydrogen-bond donors (Lipinski definition) is 2. The molecule has 0 atom stereocenters. The Bertz CT molecular complexity index is 1080. The molecule has 0 spiro atoms. The number of rotatable bonds is 9. The maximum absolute atomic E-state index is 12.1. The summed E-state index contributed by atoms with van der Waals surface area (Å²) in [4.78, 5) is 28.0. The summed E-state index contributed by atoms with van der Waals surface area (Å²) in [6, 6.07) is 13.7. The number of amides is 1. The van der Waals surface area contributed by atoms with Crippen LogP contribution < -0.4 is 20.4 Å². The van der Waals surface area contributed by atoms with Gasteiger partial charge >= 0.3 is 0 Å². The molecule has 0 aliphatic carbocycles. The number of hydroxylamine groups is 1. The average molecular weight is 464 g/mol. The van der Waals surface area contributed by atoms with Crippen LogP contribution in [0.25, 0.3) is 0 Å². The van der Waals surface area contributed by atoms with Gasteiger partial charge in [-0.2, -0.15) is 0 Å². The van der Waals surface area contributed by atoms with Crippen LogP contribution in [-0.4, -0.2) is 56.4 Å². The van der Waals surface area contributed by atoms with Crippen molar-refractivity contribution in [2.24, 2.45) is 0 Å². The van der Waals surface area contributed by atoms with Gasteiger partial charge in [0.05, 0.1) is 27.4 Å². The number of nitrogens with zero attached hydrogens (tertiary/aromatic N) is 3. The highest BCUT2D eigenvalue weighted by Crippen LogP contribution is 2.21. The number of carbonyl (C=O) groups is 1. The third-order valence-electron chi connectivity index (χ3n) is 5.57. The van der Waals surface area contributed by atoms with Crippen LogP contribution in [0.5, 0.6) is 5.75 Å². The van der Waals surface area contributed by atoms with Crippen LogP contribution in [0.3, 0.4) is 0 Å². The molecule has 0 unspecified atom stereocenters. The lowest BCUT2D eigenvalue weighted by Gasteiger charge is -2.28. The first kappa shape index (κ1) is 23.5. The number of morpholine rings is 1. The van der Waals surface area contributed by atoms with Gasteiger partial charge < -0.3 is 19.7 Å². The van der Waals surface area contributed by atoms with Crippen LogP contribution in [0.15, 0.2) is 54.9 Å². The molecule has 1 fully saturated rings. The minimum atomic E-state index is -0.320. The third-order valence-corrected chi connectivity index (χ3v) is 5.57. The molecule has 3 aromatic rings. The molecular weight excluding hydrogens is 434 g/mol. The Labute approximate surface area is 199 Å². The zero-order chi connectivity index (χ0) is 23.8. The van der Waals surface area contributed by atoms with Crippen LogP contribution >= 0.6 is 0 Å². The summed E-state index contributed by atoms with van der Waals surface area (Å²) in [5, 5.41) is 3.24. The van der Waals surface area contributed by atoms with Crippen molar-refractivity contribution >= 4 is 23.2 Å². The van der Waals surface area contributed by atoms with Crippen molar-refractivity contribution in [2.45, 2.75) is 12.8 Å². The summed E-state index contributed by atoms with van der Waals surface area (Å²) in [7, 11) is 2.98. The Morgan fingerprint density at radius 3 is 2.38 bits per heavy atom. The smallest absolute Gasteiger partial charge is 0.274 e. The van der Waals surface area contributed by atoms with E-state index in [0.717, 1.165) is 49.5 Å². The van der Waals surface area contributed by atoms with Gasteiger partial charge in [-0.3, -0.25) is 9.63 Å². The van der Waals surface area contributed by atoms with Gasteiger partial charge in [-0.15, -0.1) is 0 Å². The maximum Gasteiger partial charge on any atom is 0.274 e. The maximum atomic E-state index is 12.1. The van der Waals surface area contributed by atoms with Crippen molar-refractivity contribution in [2.75, 3.05) is 50.7 Å². The predicted molar refractivity (Wildman–Crippen MR) is 130 cm³/mol. The van der Waals surface area contributed by atoms with Gasteiger partial charge in [0, 0.05) is 42.4 Å². The number of carbonyl (C=O) groups excluding carboxylic acids is 1. The Kier molecular flexibility index (Phi) is 7.90. The second kappa shape index (κ2) is 11.4. The molecule has 9 nitrogen and oxygen atoms in total. The van der Waals surface area contributed by atoms with E-state index in [0.29, 0.717) is 23.7 Å². The Hall–Kier alpha value is -3.69. The summed E-state index contributed by atoms with van der Waals surface area (Å²) in [6.07, 6.45) is 5.07. The minimum Gasteiger partial charge on any atom is -0.497 e. The highest BCUT2D eigenvalue weighted by atomic mass is 16.6. The fraction of sp³-hybridized carbons (Fsp3) is 0.320. The number of benzene rings is 2. The molecule has 1 aliphatic heterocycles. The zero-order valence-electron chi connectivity index (χ0n) is 19.4. The van der Waals surface area contributed by atoms with Gasteiger partial charge in [-0.25, -0.2) is 15.4 Å². The first-order chi connectivity index (χ1) is 16.6. The molecule has 1 aromatic heterocycles. The normalized spacial score (nSPS) is 13.4. The number of hydrogen-bond acceptors (Lipinski definition) is 8. The summed E-state index contributed by atoms with van der Waals surface area (Å²) in [6.45, 7) is 3.36. The lowest BCUT2D eigenvalue weighted by Crippen LogP contribution is -2.36. The second-order valence-electron chi connectivity index (χ2n) is 7.89. The van der Waals surface area contributed by atoms with E-state index in [2.05, 4.69) is 37.8 Å². The number of nitrogens with one attached hydrogen (secondary N) is 2. The number of aromatic nitrogens is 2. The van der Waals surface area contributed by atoms with Crippen LogP contribution in [0.4, 0.5) is 17.3 Å². The first-order valence-corrected chi connectivity index (χ1v) is 11.2. The van der Waals surface area contributed by atoms with Gasteiger partial charge in [-0.05, 0) is 66.4 Å². The summed E-state index contributed by atoms with van der Waals surface area (Å²) < 4.78 is 10.7. The van der Waals surface area contributed by atoms with E-state index in [1.54, 1.807) is 13.2 Å². The van der Waals surface area contributed by atoms with Crippen LogP contribution in [0, 0.1) is 0 Å². The van der Waals surface area contributed by atoms with E-state index in [9.17, 15) is 4.79 Å². The van der Waals surface area contributed by atoms with Crippen LogP contribution in [0.1, 0.15) is 21.5 Å². The number of aryl methyl sites for hydroxylation is 2. The molecule has 2 aromatic carbocycles. The lowest BCUT2D eigenvalue weighted by atomic mass is 10.0. The quantitative estimate of drug-likeness (QED) is 0.467. The molecular formula is C25H29N5O4. The van der Waals surface area contributed by atoms with E-state index in [1.165, 1.54) is 12.8 Å². The molecule has 1 amide bonds. The second-order valence-corrected chi connectivity index (χ2v) is 7.89. The summed E-state index contributed by atoms with van der Waals surface area (Å²) >= 11 is 0. The van der Waals surface area contributed by atoms with E-state index < -0.39 is 0 Å². The molecule has 178 valence electrons. The number of methoxy groups -OCH3 is 1. The Morgan fingerprint density at radius 2 is 1.71 bits per heavy atom. The van der Waals surface area contributed by atoms with Gasteiger partial charge in [0.1, 0.15) is 5.75 Å². The van der Waals surface area contributed by atoms with Crippen molar-refractivity contribution in [3.05, 3.63) is 71.5 Å². The fourth-order valence-corrected chi connectivity index (χ4v) is 3.75. The van der Waals surface area contributed by atoms with Crippen molar-refractivity contribution < 1.29 is 19.1 Å². The molecule has 0 radical (unpaired) electrons. The van der Waals surface area contributed by atoms with Gasteiger partial charge in [0.25, 0.3) is 5.91 Å². The number of ether oxygens (including phenoxy) is 2. The van der Waals surface area contributed by atoms with E-state index in [1.807, 2.05) is 36.7 Å². The standard InChI is InChI=1S/C25H29N5O4/c1-32-23-14-18(13-20(15-23)24(31)29-33-2)3-4-19-16-26-25(27-17-19)28-21-5-7-22(8-6-21)30-9-11-34-12-10-30/h5-8,13-17H,3-4,9-12H2,1-2H3,(H,29,31)(H,26,27,28). The topological polar surface area (TPSA) is 97.8 Å². The monoisotopic (exact) mass is 463 g/mol. The van der Waals surface area contributed by atoms with Gasteiger partial charge in [0.2, 0.25) is 5.95 Å². The SMILES string of the molecule is CONC(=O)c1cc(CCc2cnc(Nc3ccc(N4CCOCC4)cc3)nc2)cc(OC)c1. The lowest BCUT2D eigenvalue weighted by molar-refractivity contribution is 0.0537. The van der Waals surface area contributed by atoms with E-state index in [4.69, 9.17) is 14.3 Å². The molecule has 9 heteroatoms. The van der Waals surface area contributed by atoms with Crippen molar-refractivity contribution in [3.8, 4) is 5.75 Å². The Balaban J connectivity index is 1.34. The highest BCUT2D eigenvalue weighted by Gasteiger charge is 2.12. The highest BCUT2D eigenvalue weighted by molar-refractivity contribution is 5.94. The van der Waals surface area contributed by atoms with Crippen molar-refractivity contribution in [1.82, 2.24) is 15.4 Å². The molecule has 4 rings (SSSR count). The van der Waals surface area contributed by atoms with Crippen LogP contribution in [-0.2, 0) is 22.4 Å².